The fraction of sp³-hybridized carbons (Fsp3) is 0.333. The summed E-state index contributed by atoms with van der Waals surface area (Å²) in [6, 6.07) is 14.4. The van der Waals surface area contributed by atoms with Gasteiger partial charge in [0, 0.05) is 35.5 Å². The molecule has 0 amide bonds. The second-order valence-corrected chi connectivity index (χ2v) is 6.86. The van der Waals surface area contributed by atoms with Crippen LogP contribution in [0.2, 0.25) is 5.02 Å². The highest BCUT2D eigenvalue weighted by Crippen LogP contribution is 2.49. The van der Waals surface area contributed by atoms with Crippen LogP contribution in [0.3, 0.4) is 0 Å². The minimum atomic E-state index is 0.456. The van der Waals surface area contributed by atoms with Crippen LogP contribution in [0.15, 0.2) is 54.6 Å². The maximum atomic E-state index is 6.20. The summed E-state index contributed by atoms with van der Waals surface area (Å²) in [5, 5.41) is 0.784. The van der Waals surface area contributed by atoms with E-state index < -0.39 is 0 Å². The van der Waals surface area contributed by atoms with Crippen LogP contribution in [-0.4, -0.2) is 25.0 Å². The molecule has 0 saturated carbocycles. The lowest BCUT2D eigenvalue weighted by Crippen LogP contribution is -2.14. The van der Waals surface area contributed by atoms with Crippen LogP contribution in [-0.2, 0) is 0 Å². The highest BCUT2D eigenvalue weighted by Gasteiger charge is 2.38. The van der Waals surface area contributed by atoms with Gasteiger partial charge in [0.25, 0.3) is 0 Å². The van der Waals surface area contributed by atoms with Gasteiger partial charge in [-0.15, -0.1) is 0 Å². The zero-order valence-corrected chi connectivity index (χ0v) is 15.3. The summed E-state index contributed by atoms with van der Waals surface area (Å²) < 4.78 is 6.15. The monoisotopic (exact) mass is 341 g/mol. The van der Waals surface area contributed by atoms with Crippen molar-refractivity contribution in [1.29, 1.82) is 0 Å². The molecule has 0 aromatic heterocycles. The largest absolute Gasteiger partial charge is 0.457 e. The van der Waals surface area contributed by atoms with E-state index in [0.717, 1.165) is 29.6 Å². The molecule has 0 N–H and O–H groups in total. The molecule has 0 radical (unpaired) electrons. The topological polar surface area (TPSA) is 12.5 Å². The molecule has 2 aliphatic heterocycles. The molecular formula is C21H24ClNO. The number of para-hydroxylation sites is 1. The van der Waals surface area contributed by atoms with E-state index in [-0.39, 0.29) is 0 Å². The molecule has 2 aromatic rings. The number of benzene rings is 2. The van der Waals surface area contributed by atoms with Crippen molar-refractivity contribution in [2.75, 3.05) is 20.1 Å². The number of likely N-dealkylation sites (N-methyl/N-ethyl adjacent to an activating group) is 1. The fourth-order valence-electron chi connectivity index (χ4n) is 3.53. The van der Waals surface area contributed by atoms with Crippen LogP contribution in [0.4, 0.5) is 0 Å². The van der Waals surface area contributed by atoms with Gasteiger partial charge in [0.1, 0.15) is 11.5 Å². The van der Waals surface area contributed by atoms with Gasteiger partial charge in [-0.2, -0.15) is 0 Å². The van der Waals surface area contributed by atoms with Crippen LogP contribution in [0.25, 0.3) is 0 Å². The van der Waals surface area contributed by atoms with E-state index in [0.29, 0.717) is 11.8 Å². The Labute approximate surface area is 149 Å². The second-order valence-electron chi connectivity index (χ2n) is 6.42. The van der Waals surface area contributed by atoms with Gasteiger partial charge in [-0.25, -0.2) is 0 Å². The third-order valence-electron chi connectivity index (χ3n) is 4.75. The van der Waals surface area contributed by atoms with Crippen molar-refractivity contribution < 1.29 is 4.74 Å². The van der Waals surface area contributed by atoms with Gasteiger partial charge < -0.3 is 9.64 Å². The quantitative estimate of drug-likeness (QED) is 0.558. The number of hydrogen-bond acceptors (Lipinski definition) is 2. The van der Waals surface area contributed by atoms with Crippen LogP contribution >= 0.6 is 11.6 Å². The molecule has 2 nitrogen and oxygen atoms in total. The number of likely N-dealkylation sites (tertiary alicyclic amines) is 1. The standard InChI is InChI=1S/C17H16ClNO.C4H8/c1-19-9-14-12-4-2-3-5-16(12)20-17-7-6-11(18)8-13(17)15(14)10-19;1-3-4-2/h2-8,14-15H,9-10H2,1H3;3-4H,1-2H3/b;4-3-/t14-,15-;/m0./s1. The van der Waals surface area contributed by atoms with Gasteiger partial charge in [-0.3, -0.25) is 0 Å². The molecule has 2 aliphatic rings. The first kappa shape index (κ1) is 17.1. The molecule has 2 atom stereocenters. The lowest BCUT2D eigenvalue weighted by atomic mass is 9.84. The van der Waals surface area contributed by atoms with E-state index in [4.69, 9.17) is 16.3 Å². The maximum absolute atomic E-state index is 6.20. The van der Waals surface area contributed by atoms with Crippen LogP contribution in [0, 0.1) is 0 Å². The Kier molecular flexibility index (Phi) is 5.27. The zero-order chi connectivity index (χ0) is 17.1. The molecule has 1 fully saturated rings. The van der Waals surface area contributed by atoms with Crippen molar-refractivity contribution in [3.63, 3.8) is 0 Å². The average molecular weight is 342 g/mol. The lowest BCUT2D eigenvalue weighted by molar-refractivity contribution is 0.401. The van der Waals surface area contributed by atoms with Crippen molar-refractivity contribution in [3.8, 4) is 11.5 Å². The van der Waals surface area contributed by atoms with Crippen LogP contribution in [0.1, 0.15) is 36.8 Å². The molecule has 0 unspecified atom stereocenters. The van der Waals surface area contributed by atoms with E-state index in [9.17, 15) is 0 Å². The van der Waals surface area contributed by atoms with Crippen molar-refractivity contribution in [2.45, 2.75) is 25.7 Å². The van der Waals surface area contributed by atoms with Gasteiger partial charge in [0.2, 0.25) is 0 Å². The summed E-state index contributed by atoms with van der Waals surface area (Å²) in [5.41, 5.74) is 2.55. The Bertz CT molecular complexity index is 736. The number of nitrogens with zero attached hydrogens (tertiary/aromatic N) is 1. The summed E-state index contributed by atoms with van der Waals surface area (Å²) >= 11 is 6.20. The Hall–Kier alpha value is -1.77. The number of hydrogen-bond donors (Lipinski definition) is 0. The Morgan fingerprint density at radius 3 is 2.29 bits per heavy atom. The normalized spacial score (nSPS) is 21.8. The number of halogens is 1. The lowest BCUT2D eigenvalue weighted by Gasteiger charge is -2.17. The molecule has 1 saturated heterocycles. The highest BCUT2D eigenvalue weighted by molar-refractivity contribution is 6.30. The molecule has 0 spiro atoms. The van der Waals surface area contributed by atoms with E-state index in [1.165, 1.54) is 11.1 Å². The summed E-state index contributed by atoms with van der Waals surface area (Å²) in [4.78, 5) is 2.39. The minimum absolute atomic E-state index is 0.456. The van der Waals surface area contributed by atoms with Gasteiger partial charge >= 0.3 is 0 Å². The molecule has 0 bridgehead atoms. The molecule has 24 heavy (non-hydrogen) atoms. The third kappa shape index (κ3) is 3.35. The molecule has 2 heterocycles. The number of ether oxygens (including phenoxy) is 1. The molecular weight excluding hydrogens is 318 g/mol. The predicted molar refractivity (Wildman–Crippen MR) is 101 cm³/mol. The van der Waals surface area contributed by atoms with Crippen LogP contribution < -0.4 is 4.74 Å². The third-order valence-corrected chi connectivity index (χ3v) is 4.98. The van der Waals surface area contributed by atoms with Gasteiger partial charge in [0.15, 0.2) is 0 Å². The zero-order valence-electron chi connectivity index (χ0n) is 14.5. The predicted octanol–water partition coefficient (Wildman–Crippen LogP) is 5.84. The fourth-order valence-corrected chi connectivity index (χ4v) is 3.71. The Morgan fingerprint density at radius 1 is 0.958 bits per heavy atom. The molecule has 126 valence electrons. The van der Waals surface area contributed by atoms with E-state index in [1.807, 2.05) is 44.2 Å². The SMILES string of the molecule is C/C=C\C.CN1C[C@H]2c3ccccc3Oc3ccc(Cl)cc3[C@@H]2C1. The van der Waals surface area contributed by atoms with E-state index in [1.54, 1.807) is 0 Å². The average Bonchev–Trinajstić information content (AvgIpc) is 2.93. The molecule has 2 aromatic carbocycles. The van der Waals surface area contributed by atoms with Gasteiger partial charge in [-0.1, -0.05) is 42.0 Å². The maximum Gasteiger partial charge on any atom is 0.131 e. The van der Waals surface area contributed by atoms with Gasteiger partial charge in [0.05, 0.1) is 0 Å². The Balaban J connectivity index is 0.000000383. The highest BCUT2D eigenvalue weighted by atomic mass is 35.5. The first-order chi connectivity index (χ1) is 11.6. The van der Waals surface area contributed by atoms with Crippen molar-refractivity contribution in [3.05, 3.63) is 70.8 Å². The minimum Gasteiger partial charge on any atom is -0.457 e. The van der Waals surface area contributed by atoms with Gasteiger partial charge in [-0.05, 0) is 50.7 Å². The second kappa shape index (κ2) is 7.42. The smallest absolute Gasteiger partial charge is 0.131 e. The van der Waals surface area contributed by atoms with E-state index >= 15 is 0 Å². The number of fused-ring (bicyclic) bond motifs is 5. The van der Waals surface area contributed by atoms with E-state index in [2.05, 4.69) is 36.2 Å². The molecule has 4 rings (SSSR count). The number of rotatable bonds is 0. The summed E-state index contributed by atoms with van der Waals surface area (Å²) in [6.07, 6.45) is 4.00. The first-order valence-corrected chi connectivity index (χ1v) is 8.84. The Morgan fingerprint density at radius 2 is 1.58 bits per heavy atom. The van der Waals surface area contributed by atoms with Crippen LogP contribution in [0.5, 0.6) is 11.5 Å². The first-order valence-electron chi connectivity index (χ1n) is 8.46. The van der Waals surface area contributed by atoms with Crippen molar-refractivity contribution >= 4 is 11.6 Å². The van der Waals surface area contributed by atoms with Crippen molar-refractivity contribution in [1.82, 2.24) is 4.90 Å². The van der Waals surface area contributed by atoms with Crippen molar-refractivity contribution in [2.24, 2.45) is 0 Å². The number of allylic oxidation sites excluding steroid dienone is 2. The summed E-state index contributed by atoms with van der Waals surface area (Å²) in [5.74, 6) is 2.87. The summed E-state index contributed by atoms with van der Waals surface area (Å²) in [6.45, 7) is 6.12. The summed E-state index contributed by atoms with van der Waals surface area (Å²) in [7, 11) is 2.18. The molecule has 3 heteroatoms. The molecule has 0 aliphatic carbocycles.